The molecule has 168 valence electrons. The van der Waals surface area contributed by atoms with Gasteiger partial charge in [-0.05, 0) is 53.7 Å². The smallest absolute Gasteiger partial charge is 0.123 e. The van der Waals surface area contributed by atoms with Gasteiger partial charge in [-0.15, -0.1) is 0 Å². The largest absolute Gasteiger partial charge is 0.197 e. The fourth-order valence-corrected chi connectivity index (χ4v) is 6.65. The molecular formula is C33H26N2. The highest BCUT2D eigenvalue weighted by Gasteiger charge is 2.60. The van der Waals surface area contributed by atoms with Gasteiger partial charge in [0.2, 0.25) is 0 Å². The molecule has 2 heteroatoms. The predicted molar refractivity (Wildman–Crippen MR) is 139 cm³/mol. The van der Waals surface area contributed by atoms with Crippen LogP contribution in [0.3, 0.4) is 0 Å². The summed E-state index contributed by atoms with van der Waals surface area (Å²) in [6.45, 7) is 4.19. The molecule has 3 aliphatic carbocycles. The molecule has 0 aliphatic heterocycles. The molecule has 4 atom stereocenters. The molecule has 0 radical (unpaired) electrons. The summed E-state index contributed by atoms with van der Waals surface area (Å²) in [5.74, 6) is -0.0162. The van der Waals surface area contributed by atoms with Gasteiger partial charge in [-0.2, -0.15) is 10.5 Å². The van der Waals surface area contributed by atoms with Gasteiger partial charge < -0.3 is 0 Å². The second kappa shape index (κ2) is 7.69. The minimum absolute atomic E-state index is 0.0267. The average molecular weight is 451 g/mol. The Bertz CT molecular complexity index is 1510. The first-order valence-electron chi connectivity index (χ1n) is 12.2. The van der Waals surface area contributed by atoms with Crippen LogP contribution < -0.4 is 0 Å². The second-order valence-corrected chi connectivity index (χ2v) is 10.1. The van der Waals surface area contributed by atoms with Crippen LogP contribution in [0.4, 0.5) is 0 Å². The van der Waals surface area contributed by atoms with Crippen LogP contribution in [0.15, 0.2) is 108 Å². The highest BCUT2D eigenvalue weighted by Crippen LogP contribution is 2.65. The molecule has 0 amide bonds. The first kappa shape index (κ1) is 21.4. The Morgan fingerprint density at radius 3 is 2.00 bits per heavy atom. The van der Waals surface area contributed by atoms with Crippen LogP contribution in [0.25, 0.3) is 0 Å². The molecule has 0 fully saturated rings. The molecule has 2 nitrogen and oxygen atoms in total. The van der Waals surface area contributed by atoms with E-state index in [1.54, 1.807) is 0 Å². The number of nitrogens with zero attached hydrogens (tertiary/aromatic N) is 2. The topological polar surface area (TPSA) is 47.6 Å². The standard InChI is InChI=1S/C33H26N2/c1-22-10-14-24(15-11-22)26-19-30(25-16-12-23(2)13-17-25)33(21-35)28-8-4-3-7-27(28)32(20-34)18-6-5-9-29(33)31(26)32/h3-18,26,30H,19H2,1-2H3/t26-,30-,32?,33?/m1/s1. The monoisotopic (exact) mass is 450 g/mol. The molecular weight excluding hydrogens is 424 g/mol. The van der Waals surface area contributed by atoms with E-state index < -0.39 is 10.8 Å². The summed E-state index contributed by atoms with van der Waals surface area (Å²) >= 11 is 0. The maximum absolute atomic E-state index is 11.1. The molecule has 0 saturated carbocycles. The zero-order valence-corrected chi connectivity index (χ0v) is 20.0. The summed E-state index contributed by atoms with van der Waals surface area (Å²) in [5, 5.41) is 21.9. The third-order valence-corrected chi connectivity index (χ3v) is 8.29. The van der Waals surface area contributed by atoms with E-state index in [0.29, 0.717) is 0 Å². The van der Waals surface area contributed by atoms with Crippen molar-refractivity contribution >= 4 is 0 Å². The molecule has 3 aromatic carbocycles. The van der Waals surface area contributed by atoms with Crippen molar-refractivity contribution in [2.24, 2.45) is 0 Å². The molecule has 3 aromatic rings. The van der Waals surface area contributed by atoms with E-state index in [1.165, 1.54) is 22.3 Å². The fraction of sp³-hybridized carbons (Fsp3) is 0.212. The van der Waals surface area contributed by atoms with Crippen LogP contribution in [-0.2, 0) is 10.8 Å². The number of nitriles is 2. The van der Waals surface area contributed by atoms with E-state index >= 15 is 0 Å². The summed E-state index contributed by atoms with van der Waals surface area (Å²) in [4.78, 5) is 0. The zero-order chi connectivity index (χ0) is 24.2. The van der Waals surface area contributed by atoms with E-state index in [-0.39, 0.29) is 11.8 Å². The zero-order valence-electron chi connectivity index (χ0n) is 20.0. The number of aryl methyl sites for hydroxylation is 2. The van der Waals surface area contributed by atoms with Crippen molar-refractivity contribution in [1.82, 2.24) is 0 Å². The minimum atomic E-state index is -0.899. The lowest BCUT2D eigenvalue weighted by molar-refractivity contribution is 0.378. The van der Waals surface area contributed by atoms with Gasteiger partial charge in [-0.25, -0.2) is 0 Å². The van der Waals surface area contributed by atoms with Crippen LogP contribution in [0, 0.1) is 36.5 Å². The molecule has 35 heavy (non-hydrogen) atoms. The van der Waals surface area contributed by atoms with Crippen LogP contribution in [-0.4, -0.2) is 0 Å². The van der Waals surface area contributed by atoms with E-state index in [2.05, 4.69) is 92.7 Å². The summed E-state index contributed by atoms with van der Waals surface area (Å²) in [7, 11) is 0. The summed E-state index contributed by atoms with van der Waals surface area (Å²) in [6, 6.07) is 31.0. The molecule has 0 N–H and O–H groups in total. The van der Waals surface area contributed by atoms with Gasteiger partial charge in [0.05, 0.1) is 12.1 Å². The highest BCUT2D eigenvalue weighted by molar-refractivity contribution is 5.73. The molecule has 0 spiro atoms. The molecule has 2 unspecified atom stereocenters. The number of benzene rings is 3. The van der Waals surface area contributed by atoms with E-state index in [9.17, 15) is 10.5 Å². The van der Waals surface area contributed by atoms with Crippen molar-refractivity contribution in [1.29, 1.82) is 10.5 Å². The SMILES string of the molecule is Cc1ccc([C@H]2C[C@H](c3ccc(C)cc3)C3=C4C=CC=CC3(C#N)c3ccccc3C42C#N)cc1. The van der Waals surface area contributed by atoms with Crippen LogP contribution in [0.5, 0.6) is 0 Å². The molecule has 3 aliphatic rings. The second-order valence-electron chi connectivity index (χ2n) is 10.1. The minimum Gasteiger partial charge on any atom is -0.197 e. The lowest BCUT2D eigenvalue weighted by atomic mass is 9.46. The lowest BCUT2D eigenvalue weighted by Crippen LogP contribution is -2.49. The van der Waals surface area contributed by atoms with Crippen molar-refractivity contribution in [3.05, 3.63) is 142 Å². The van der Waals surface area contributed by atoms with E-state index in [0.717, 1.165) is 28.7 Å². The maximum atomic E-state index is 11.1. The Balaban J connectivity index is 1.75. The Labute approximate surface area is 207 Å². The summed E-state index contributed by atoms with van der Waals surface area (Å²) in [6.07, 6.45) is 8.91. The van der Waals surface area contributed by atoms with Crippen LogP contribution >= 0.6 is 0 Å². The Morgan fingerprint density at radius 2 is 1.37 bits per heavy atom. The van der Waals surface area contributed by atoms with Crippen LogP contribution in [0.2, 0.25) is 0 Å². The van der Waals surface area contributed by atoms with Gasteiger partial charge in [0.25, 0.3) is 0 Å². The number of hydrogen-bond acceptors (Lipinski definition) is 2. The summed E-state index contributed by atoms with van der Waals surface area (Å²) in [5.41, 5.74) is 7.00. The number of allylic oxidation sites excluding steroid dienone is 6. The Morgan fingerprint density at radius 1 is 0.743 bits per heavy atom. The average Bonchev–Trinajstić information content (AvgIpc) is 3.06. The van der Waals surface area contributed by atoms with Gasteiger partial charge in [0, 0.05) is 11.8 Å². The van der Waals surface area contributed by atoms with Gasteiger partial charge >= 0.3 is 0 Å². The first-order chi connectivity index (χ1) is 17.0. The van der Waals surface area contributed by atoms with Crippen molar-refractivity contribution in [2.75, 3.05) is 0 Å². The molecule has 0 saturated heterocycles. The summed E-state index contributed by atoms with van der Waals surface area (Å²) < 4.78 is 0. The Hall–Kier alpha value is -4.14. The van der Waals surface area contributed by atoms with E-state index in [4.69, 9.17) is 0 Å². The van der Waals surface area contributed by atoms with E-state index in [1.807, 2.05) is 30.4 Å². The molecule has 6 rings (SSSR count). The maximum Gasteiger partial charge on any atom is 0.123 e. The third kappa shape index (κ3) is 2.81. The van der Waals surface area contributed by atoms with Gasteiger partial charge in [-0.3, -0.25) is 0 Å². The number of fused-ring (bicyclic) bond motifs is 3. The lowest BCUT2D eigenvalue weighted by Gasteiger charge is -2.53. The predicted octanol–water partition coefficient (Wildman–Crippen LogP) is 7.23. The highest BCUT2D eigenvalue weighted by atomic mass is 14.6. The molecule has 0 heterocycles. The quantitative estimate of drug-likeness (QED) is 0.413. The van der Waals surface area contributed by atoms with Crippen molar-refractivity contribution in [2.45, 2.75) is 42.9 Å². The fourth-order valence-electron chi connectivity index (χ4n) is 6.65. The molecule has 0 aromatic heterocycles. The number of rotatable bonds is 2. The van der Waals surface area contributed by atoms with Gasteiger partial charge in [-0.1, -0.05) is 108 Å². The molecule has 4 bridgehead atoms. The normalized spacial score (nSPS) is 28.0. The van der Waals surface area contributed by atoms with Crippen molar-refractivity contribution < 1.29 is 0 Å². The Kier molecular flexibility index (Phi) is 4.70. The first-order valence-corrected chi connectivity index (χ1v) is 12.2. The third-order valence-electron chi connectivity index (χ3n) is 8.29. The number of hydrogen-bond donors (Lipinski definition) is 0. The van der Waals surface area contributed by atoms with Crippen molar-refractivity contribution in [3.8, 4) is 12.1 Å². The van der Waals surface area contributed by atoms with Gasteiger partial charge in [0.15, 0.2) is 0 Å². The van der Waals surface area contributed by atoms with Crippen LogP contribution in [0.1, 0.15) is 51.6 Å². The van der Waals surface area contributed by atoms with Crippen molar-refractivity contribution in [3.63, 3.8) is 0 Å². The van der Waals surface area contributed by atoms with Gasteiger partial charge in [0.1, 0.15) is 10.8 Å².